The van der Waals surface area contributed by atoms with E-state index in [2.05, 4.69) is 4.98 Å². The Morgan fingerprint density at radius 2 is 1.63 bits per heavy atom. The van der Waals surface area contributed by atoms with Crippen molar-refractivity contribution in [2.24, 2.45) is 0 Å². The molecule has 1 N–H and O–H groups in total. The summed E-state index contributed by atoms with van der Waals surface area (Å²) in [6, 6.07) is 15.6. The Labute approximate surface area is 212 Å². The second kappa shape index (κ2) is 9.81. The first-order valence-corrected chi connectivity index (χ1v) is 11.0. The molecule has 0 atom stereocenters. The first kappa shape index (κ1) is 24.9. The highest BCUT2D eigenvalue weighted by Gasteiger charge is 2.35. The first-order chi connectivity index (χ1) is 16.5. The molecule has 0 radical (unpaired) electrons. The van der Waals surface area contributed by atoms with Crippen molar-refractivity contribution in [1.82, 2.24) is 9.55 Å². The molecule has 4 rings (SSSR count). The third-order valence-electron chi connectivity index (χ3n) is 5.00. The van der Waals surface area contributed by atoms with Crippen molar-refractivity contribution in [2.75, 3.05) is 0 Å². The summed E-state index contributed by atoms with van der Waals surface area (Å²) in [4.78, 5) is 14.8. The molecule has 0 aliphatic heterocycles. The van der Waals surface area contributed by atoms with Crippen LogP contribution in [0.1, 0.15) is 21.9 Å². The molecule has 4 aromatic rings. The third kappa shape index (κ3) is 5.40. The largest absolute Gasteiger partial charge is 0.486 e. The van der Waals surface area contributed by atoms with E-state index in [0.717, 1.165) is 10.8 Å². The van der Waals surface area contributed by atoms with Crippen LogP contribution in [0.3, 0.4) is 0 Å². The number of imidazole rings is 1. The monoisotopic (exact) mass is 540 g/mol. The highest BCUT2D eigenvalue weighted by Crippen LogP contribution is 2.35. The SMILES string of the molecule is O=C(O)c1ccc(-c2ccc(OCc3nc(C(F)(F)F)cn3-c3c(Cl)cccc3Cl)cc2)c(Cl)c1. The fraction of sp³-hybridized carbons (Fsp3) is 0.0833. The van der Waals surface area contributed by atoms with Gasteiger partial charge in [-0.2, -0.15) is 13.2 Å². The maximum absolute atomic E-state index is 13.3. The molecule has 11 heteroatoms. The summed E-state index contributed by atoms with van der Waals surface area (Å²) in [5.41, 5.74) is 0.421. The number of hydrogen-bond donors (Lipinski definition) is 1. The number of carboxylic acids is 1. The average Bonchev–Trinajstić information content (AvgIpc) is 3.22. The number of hydrogen-bond acceptors (Lipinski definition) is 3. The quantitative estimate of drug-likeness (QED) is 0.271. The lowest BCUT2D eigenvalue weighted by molar-refractivity contribution is -0.141. The van der Waals surface area contributed by atoms with E-state index in [1.165, 1.54) is 24.3 Å². The Balaban J connectivity index is 1.59. The van der Waals surface area contributed by atoms with Gasteiger partial charge >= 0.3 is 12.1 Å². The highest BCUT2D eigenvalue weighted by atomic mass is 35.5. The number of rotatable bonds is 6. The van der Waals surface area contributed by atoms with Gasteiger partial charge in [0.1, 0.15) is 12.4 Å². The molecule has 35 heavy (non-hydrogen) atoms. The Morgan fingerprint density at radius 1 is 0.971 bits per heavy atom. The van der Waals surface area contributed by atoms with E-state index in [9.17, 15) is 18.0 Å². The van der Waals surface area contributed by atoms with E-state index < -0.39 is 17.8 Å². The molecule has 0 spiro atoms. The molecule has 1 heterocycles. The number of carbonyl (C=O) groups is 1. The number of carboxylic acid groups (broad SMARTS) is 1. The second-order valence-corrected chi connectivity index (χ2v) is 8.51. The fourth-order valence-electron chi connectivity index (χ4n) is 3.33. The van der Waals surface area contributed by atoms with Gasteiger partial charge in [0.15, 0.2) is 11.5 Å². The van der Waals surface area contributed by atoms with Crippen LogP contribution in [0.15, 0.2) is 66.9 Å². The molecule has 180 valence electrons. The number of para-hydroxylation sites is 1. The molecular weight excluding hydrogens is 528 g/mol. The summed E-state index contributed by atoms with van der Waals surface area (Å²) >= 11 is 18.6. The van der Waals surface area contributed by atoms with Gasteiger partial charge in [-0.1, -0.05) is 59.1 Å². The number of benzene rings is 3. The van der Waals surface area contributed by atoms with Gasteiger partial charge in [-0.3, -0.25) is 4.57 Å². The van der Waals surface area contributed by atoms with E-state index in [1.54, 1.807) is 36.4 Å². The number of halogens is 6. The standard InChI is InChI=1S/C24H14Cl3F3N2O3/c25-17-2-1-3-18(26)22(17)32-11-20(24(28,29)30)31-21(32)12-35-15-7-4-13(5-8-15)16-9-6-14(23(33)34)10-19(16)27/h1-11H,12H2,(H,33,34). The zero-order valence-electron chi connectivity index (χ0n) is 17.5. The molecule has 0 amide bonds. The number of alkyl halides is 3. The minimum Gasteiger partial charge on any atom is -0.486 e. The maximum Gasteiger partial charge on any atom is 0.434 e. The van der Waals surface area contributed by atoms with Crippen LogP contribution < -0.4 is 4.74 Å². The Bertz CT molecular complexity index is 1380. The van der Waals surface area contributed by atoms with E-state index >= 15 is 0 Å². The Hall–Kier alpha value is -3.20. The van der Waals surface area contributed by atoms with E-state index in [0.29, 0.717) is 16.9 Å². The molecule has 3 aromatic carbocycles. The average molecular weight is 542 g/mol. The Kier molecular flexibility index (Phi) is 6.98. The molecule has 0 bridgehead atoms. The summed E-state index contributed by atoms with van der Waals surface area (Å²) < 4.78 is 46.9. The summed E-state index contributed by atoms with van der Waals surface area (Å²) in [5.74, 6) is -0.781. The summed E-state index contributed by atoms with van der Waals surface area (Å²) in [5, 5.41) is 9.64. The zero-order chi connectivity index (χ0) is 25.3. The van der Waals surface area contributed by atoms with Gasteiger partial charge in [0, 0.05) is 16.8 Å². The molecule has 5 nitrogen and oxygen atoms in total. The minimum atomic E-state index is -4.68. The molecule has 0 aliphatic carbocycles. The van der Waals surface area contributed by atoms with E-state index in [4.69, 9.17) is 44.6 Å². The molecule has 0 aliphatic rings. The first-order valence-electron chi connectivity index (χ1n) is 9.90. The lowest BCUT2D eigenvalue weighted by atomic mass is 10.0. The Morgan fingerprint density at radius 3 is 2.20 bits per heavy atom. The fourth-order valence-corrected chi connectivity index (χ4v) is 4.20. The van der Waals surface area contributed by atoms with Crippen molar-refractivity contribution >= 4 is 40.8 Å². The number of aromatic nitrogens is 2. The van der Waals surface area contributed by atoms with Gasteiger partial charge in [-0.25, -0.2) is 9.78 Å². The molecule has 1 aromatic heterocycles. The van der Waals surface area contributed by atoms with Crippen LogP contribution in [-0.4, -0.2) is 20.6 Å². The predicted octanol–water partition coefficient (Wildman–Crippen LogP) is 7.80. The van der Waals surface area contributed by atoms with Gasteiger partial charge < -0.3 is 9.84 Å². The normalized spacial score (nSPS) is 11.5. The van der Waals surface area contributed by atoms with Crippen LogP contribution in [0.5, 0.6) is 5.75 Å². The second-order valence-electron chi connectivity index (χ2n) is 7.29. The summed E-state index contributed by atoms with van der Waals surface area (Å²) in [6.45, 7) is -0.301. The number of nitrogens with zero attached hydrogens (tertiary/aromatic N) is 2. The van der Waals surface area contributed by atoms with Crippen molar-refractivity contribution in [3.8, 4) is 22.6 Å². The molecule has 0 saturated heterocycles. The van der Waals surface area contributed by atoms with Gasteiger partial charge in [-0.05, 0) is 42.0 Å². The minimum absolute atomic E-state index is 0.0521. The molecule has 0 saturated carbocycles. The summed E-state index contributed by atoms with van der Waals surface area (Å²) in [7, 11) is 0. The van der Waals surface area contributed by atoms with Gasteiger partial charge in [-0.15, -0.1) is 0 Å². The molecule has 0 fully saturated rings. The van der Waals surface area contributed by atoms with Crippen LogP contribution >= 0.6 is 34.8 Å². The van der Waals surface area contributed by atoms with E-state index in [-0.39, 0.29) is 38.8 Å². The topological polar surface area (TPSA) is 64.3 Å². The van der Waals surface area contributed by atoms with Crippen molar-refractivity contribution in [3.05, 3.63) is 99.0 Å². The molecular formula is C24H14Cl3F3N2O3. The van der Waals surface area contributed by atoms with Gasteiger partial charge in [0.25, 0.3) is 0 Å². The van der Waals surface area contributed by atoms with Crippen molar-refractivity contribution in [3.63, 3.8) is 0 Å². The lowest BCUT2D eigenvalue weighted by Gasteiger charge is -2.12. The zero-order valence-corrected chi connectivity index (χ0v) is 19.8. The lowest BCUT2D eigenvalue weighted by Crippen LogP contribution is -2.06. The van der Waals surface area contributed by atoms with Gasteiger partial charge in [0.05, 0.1) is 21.3 Å². The van der Waals surface area contributed by atoms with Crippen molar-refractivity contribution in [1.29, 1.82) is 0 Å². The number of aromatic carboxylic acids is 1. The van der Waals surface area contributed by atoms with Crippen LogP contribution in [0, 0.1) is 0 Å². The smallest absolute Gasteiger partial charge is 0.434 e. The van der Waals surface area contributed by atoms with Crippen LogP contribution in [-0.2, 0) is 12.8 Å². The van der Waals surface area contributed by atoms with Crippen LogP contribution in [0.25, 0.3) is 16.8 Å². The van der Waals surface area contributed by atoms with Gasteiger partial charge in [0.2, 0.25) is 0 Å². The highest BCUT2D eigenvalue weighted by molar-refractivity contribution is 6.37. The number of ether oxygens (including phenoxy) is 1. The van der Waals surface area contributed by atoms with Crippen LogP contribution in [0.2, 0.25) is 15.1 Å². The van der Waals surface area contributed by atoms with E-state index in [1.807, 2.05) is 0 Å². The third-order valence-corrected chi connectivity index (χ3v) is 5.92. The predicted molar refractivity (Wildman–Crippen MR) is 127 cm³/mol. The molecule has 0 unspecified atom stereocenters. The van der Waals surface area contributed by atoms with Crippen molar-refractivity contribution < 1.29 is 27.8 Å². The summed E-state index contributed by atoms with van der Waals surface area (Å²) in [6.07, 6.45) is -3.86. The van der Waals surface area contributed by atoms with Crippen LogP contribution in [0.4, 0.5) is 13.2 Å². The maximum atomic E-state index is 13.3. The van der Waals surface area contributed by atoms with Crippen molar-refractivity contribution in [2.45, 2.75) is 12.8 Å².